The van der Waals surface area contributed by atoms with Gasteiger partial charge in [-0.25, -0.2) is 0 Å². The highest BCUT2D eigenvalue weighted by molar-refractivity contribution is 6.10. The number of rotatable bonds is 4. The maximum absolute atomic E-state index is 6.38. The third-order valence-corrected chi connectivity index (χ3v) is 5.85. The Morgan fingerprint density at radius 3 is 1.94 bits per heavy atom. The van der Waals surface area contributed by atoms with E-state index in [1.165, 1.54) is 11.1 Å². The van der Waals surface area contributed by atoms with Crippen molar-refractivity contribution in [2.45, 2.75) is 0 Å². The van der Waals surface area contributed by atoms with E-state index in [4.69, 9.17) is 4.42 Å². The van der Waals surface area contributed by atoms with Gasteiger partial charge >= 0.3 is 0 Å². The van der Waals surface area contributed by atoms with Gasteiger partial charge in [0, 0.05) is 22.1 Å². The van der Waals surface area contributed by atoms with Crippen molar-refractivity contribution < 1.29 is 4.42 Å². The van der Waals surface area contributed by atoms with Crippen molar-refractivity contribution in [1.29, 1.82) is 0 Å². The monoisotopic (exact) mass is 411 g/mol. The Kier molecular flexibility index (Phi) is 4.47. The molecular weight excluding hydrogens is 390 g/mol. The van der Waals surface area contributed by atoms with Crippen molar-refractivity contribution in [2.24, 2.45) is 0 Å². The molecule has 0 unspecified atom stereocenters. The molecule has 0 bridgehead atoms. The molecule has 152 valence electrons. The van der Waals surface area contributed by atoms with Crippen molar-refractivity contribution in [3.63, 3.8) is 0 Å². The van der Waals surface area contributed by atoms with Crippen LogP contribution < -0.4 is 4.90 Å². The highest BCUT2D eigenvalue weighted by atomic mass is 16.3. The molecule has 0 fully saturated rings. The number of hydrogen-bond acceptors (Lipinski definition) is 2. The molecule has 6 rings (SSSR count). The van der Waals surface area contributed by atoms with Crippen LogP contribution in [0.5, 0.6) is 0 Å². The molecule has 6 aromatic rings. The maximum atomic E-state index is 6.38. The lowest BCUT2D eigenvalue weighted by Crippen LogP contribution is -2.10. The van der Waals surface area contributed by atoms with Crippen molar-refractivity contribution >= 4 is 39.0 Å². The number of nitrogens with zero attached hydrogens (tertiary/aromatic N) is 1. The van der Waals surface area contributed by atoms with Gasteiger partial charge in [-0.15, -0.1) is 0 Å². The Labute approximate surface area is 187 Å². The molecule has 0 radical (unpaired) electrons. The number of anilines is 3. The van der Waals surface area contributed by atoms with Gasteiger partial charge in [0.05, 0.1) is 5.69 Å². The summed E-state index contributed by atoms with van der Waals surface area (Å²) in [4.78, 5) is 2.27. The second-order valence-electron chi connectivity index (χ2n) is 7.84. The average Bonchev–Trinajstić information content (AvgIpc) is 3.25. The molecule has 0 saturated carbocycles. The summed E-state index contributed by atoms with van der Waals surface area (Å²) in [6.45, 7) is 0. The van der Waals surface area contributed by atoms with Gasteiger partial charge in [0.25, 0.3) is 0 Å². The highest BCUT2D eigenvalue weighted by Gasteiger charge is 2.19. The second-order valence-corrected chi connectivity index (χ2v) is 7.84. The van der Waals surface area contributed by atoms with E-state index in [0.717, 1.165) is 39.0 Å². The third-order valence-electron chi connectivity index (χ3n) is 5.85. The molecular formula is C30H21NO. The first kappa shape index (κ1) is 18.5. The SMILES string of the molecule is c1ccc(-c2cccc(N(c3ccccc3)c3cccc4c3oc3ccccc34)c2)cc1. The zero-order chi connectivity index (χ0) is 21.3. The van der Waals surface area contributed by atoms with Crippen LogP contribution in [-0.4, -0.2) is 0 Å². The molecule has 1 heterocycles. The van der Waals surface area contributed by atoms with Crippen LogP contribution in [0.1, 0.15) is 0 Å². The summed E-state index contributed by atoms with van der Waals surface area (Å²) in [5.41, 5.74) is 7.38. The van der Waals surface area contributed by atoms with Crippen LogP contribution in [-0.2, 0) is 0 Å². The third kappa shape index (κ3) is 3.14. The molecule has 32 heavy (non-hydrogen) atoms. The van der Waals surface area contributed by atoms with Gasteiger partial charge in [0.15, 0.2) is 5.58 Å². The summed E-state index contributed by atoms with van der Waals surface area (Å²) in [5, 5.41) is 2.26. The minimum absolute atomic E-state index is 0.891. The summed E-state index contributed by atoms with van der Waals surface area (Å²) in [5.74, 6) is 0. The number of fused-ring (bicyclic) bond motifs is 3. The lowest BCUT2D eigenvalue weighted by Gasteiger charge is -2.26. The van der Waals surface area contributed by atoms with E-state index < -0.39 is 0 Å². The highest BCUT2D eigenvalue weighted by Crippen LogP contribution is 2.42. The first-order valence-electron chi connectivity index (χ1n) is 10.8. The average molecular weight is 412 g/mol. The molecule has 0 amide bonds. The fraction of sp³-hybridized carbons (Fsp3) is 0. The number of hydrogen-bond donors (Lipinski definition) is 0. The Balaban J connectivity index is 1.60. The Bertz CT molecular complexity index is 1520. The van der Waals surface area contributed by atoms with E-state index in [1.807, 2.05) is 24.3 Å². The van der Waals surface area contributed by atoms with Crippen LogP contribution in [0.3, 0.4) is 0 Å². The lowest BCUT2D eigenvalue weighted by atomic mass is 10.0. The Morgan fingerprint density at radius 2 is 1.09 bits per heavy atom. The first-order chi connectivity index (χ1) is 15.9. The smallest absolute Gasteiger partial charge is 0.159 e. The van der Waals surface area contributed by atoms with Gasteiger partial charge in [0.2, 0.25) is 0 Å². The molecule has 0 aliphatic rings. The van der Waals surface area contributed by atoms with Crippen molar-refractivity contribution in [1.82, 2.24) is 0 Å². The van der Waals surface area contributed by atoms with Crippen LogP contribution in [0, 0.1) is 0 Å². The second kappa shape index (κ2) is 7.75. The number of benzene rings is 5. The molecule has 0 N–H and O–H groups in total. The van der Waals surface area contributed by atoms with E-state index in [9.17, 15) is 0 Å². The number of furan rings is 1. The van der Waals surface area contributed by atoms with E-state index in [-0.39, 0.29) is 0 Å². The van der Waals surface area contributed by atoms with E-state index in [1.54, 1.807) is 0 Å². The van der Waals surface area contributed by atoms with Gasteiger partial charge in [-0.3, -0.25) is 0 Å². The predicted octanol–water partition coefficient (Wildman–Crippen LogP) is 8.72. The minimum Gasteiger partial charge on any atom is -0.454 e. The van der Waals surface area contributed by atoms with Crippen molar-refractivity contribution in [3.8, 4) is 11.1 Å². The molecule has 1 aromatic heterocycles. The summed E-state index contributed by atoms with van der Waals surface area (Å²) in [6, 6.07) is 44.2. The summed E-state index contributed by atoms with van der Waals surface area (Å²) >= 11 is 0. The summed E-state index contributed by atoms with van der Waals surface area (Å²) in [7, 11) is 0. The predicted molar refractivity (Wildman–Crippen MR) is 134 cm³/mol. The topological polar surface area (TPSA) is 16.4 Å². The molecule has 0 aliphatic carbocycles. The largest absolute Gasteiger partial charge is 0.454 e. The molecule has 0 spiro atoms. The molecule has 0 atom stereocenters. The van der Waals surface area contributed by atoms with Crippen LogP contribution in [0.2, 0.25) is 0 Å². The molecule has 0 aliphatic heterocycles. The fourth-order valence-corrected chi connectivity index (χ4v) is 4.37. The van der Waals surface area contributed by atoms with Gasteiger partial charge in [0.1, 0.15) is 5.58 Å². The van der Waals surface area contributed by atoms with Crippen molar-refractivity contribution in [3.05, 3.63) is 127 Å². The molecule has 2 heteroatoms. The van der Waals surface area contributed by atoms with Crippen LogP contribution in [0.25, 0.3) is 33.1 Å². The zero-order valence-electron chi connectivity index (χ0n) is 17.5. The van der Waals surface area contributed by atoms with Gasteiger partial charge < -0.3 is 9.32 Å². The van der Waals surface area contributed by atoms with E-state index in [2.05, 4.69) is 108 Å². The molecule has 2 nitrogen and oxygen atoms in total. The fourth-order valence-electron chi connectivity index (χ4n) is 4.37. The zero-order valence-corrected chi connectivity index (χ0v) is 17.5. The maximum Gasteiger partial charge on any atom is 0.159 e. The molecule has 5 aromatic carbocycles. The lowest BCUT2D eigenvalue weighted by molar-refractivity contribution is 0.669. The van der Waals surface area contributed by atoms with Gasteiger partial charge in [-0.1, -0.05) is 91.0 Å². The van der Waals surface area contributed by atoms with Gasteiger partial charge in [-0.05, 0) is 47.5 Å². The van der Waals surface area contributed by atoms with Crippen LogP contribution in [0.4, 0.5) is 17.1 Å². The Hall–Kier alpha value is -4.30. The minimum atomic E-state index is 0.891. The van der Waals surface area contributed by atoms with Crippen LogP contribution >= 0.6 is 0 Å². The summed E-state index contributed by atoms with van der Waals surface area (Å²) < 4.78 is 6.38. The normalized spacial score (nSPS) is 11.1. The van der Waals surface area contributed by atoms with E-state index in [0.29, 0.717) is 0 Å². The first-order valence-corrected chi connectivity index (χ1v) is 10.8. The molecule has 0 saturated heterocycles. The van der Waals surface area contributed by atoms with E-state index >= 15 is 0 Å². The summed E-state index contributed by atoms with van der Waals surface area (Å²) in [6.07, 6.45) is 0. The van der Waals surface area contributed by atoms with Crippen molar-refractivity contribution in [2.75, 3.05) is 4.90 Å². The van der Waals surface area contributed by atoms with Gasteiger partial charge in [-0.2, -0.15) is 0 Å². The number of para-hydroxylation sites is 3. The van der Waals surface area contributed by atoms with Crippen LogP contribution in [0.15, 0.2) is 132 Å². The standard InChI is InChI=1S/C30H21NO/c1-3-11-22(12-4-1)23-13-9-16-25(21-23)31(24-14-5-2-6-15-24)28-19-10-18-27-26-17-7-8-20-29(26)32-30(27)28/h1-21H. The quantitative estimate of drug-likeness (QED) is 0.288. The Morgan fingerprint density at radius 1 is 0.469 bits per heavy atom.